The molecule has 0 spiro atoms. The zero-order valence-electron chi connectivity index (χ0n) is 22.5. The molecule has 1 N–H and O–H groups in total. The lowest BCUT2D eigenvalue weighted by molar-refractivity contribution is -0.376. The van der Waals surface area contributed by atoms with E-state index in [-0.39, 0.29) is 44.5 Å². The fourth-order valence-corrected chi connectivity index (χ4v) is 8.57. The number of hydrogen-bond acceptors (Lipinski definition) is 6. The fourth-order valence-electron chi connectivity index (χ4n) is 5.62. The molecule has 2 aliphatic rings. The second-order valence-corrected chi connectivity index (χ2v) is 14.9. The van der Waals surface area contributed by atoms with Crippen LogP contribution in [0.4, 0.5) is 30.7 Å². The molecule has 0 radical (unpaired) electrons. The van der Waals surface area contributed by atoms with Crippen molar-refractivity contribution >= 4 is 25.8 Å². The van der Waals surface area contributed by atoms with Crippen molar-refractivity contribution in [3.63, 3.8) is 0 Å². The van der Waals surface area contributed by atoms with Crippen molar-refractivity contribution < 1.29 is 57.5 Å². The summed E-state index contributed by atoms with van der Waals surface area (Å²) in [6.07, 6.45) is -11.3. The molecule has 1 atom stereocenters. The van der Waals surface area contributed by atoms with E-state index in [0.717, 1.165) is 42.7 Å². The highest BCUT2D eigenvalue weighted by Crippen LogP contribution is 2.51. The molecule has 4 rings (SSSR count). The van der Waals surface area contributed by atoms with E-state index in [0.29, 0.717) is 12.1 Å². The first kappa shape index (κ1) is 33.1. The quantitative estimate of drug-likeness (QED) is 0.374. The predicted octanol–water partition coefficient (Wildman–Crippen LogP) is 3.71. The van der Waals surface area contributed by atoms with Crippen LogP contribution in [0.5, 0.6) is 0 Å². The van der Waals surface area contributed by atoms with Gasteiger partial charge in [0.05, 0.1) is 11.2 Å². The number of alkyl halides is 6. The average Bonchev–Trinajstić information content (AvgIpc) is 3.38. The molecule has 2 aromatic carbocycles. The number of carbonyl (C=O) groups excluding carboxylic acids is 1. The van der Waals surface area contributed by atoms with Gasteiger partial charge in [0.25, 0.3) is 5.60 Å². The molecular weight excluding hydrogens is 633 g/mol. The Kier molecular flexibility index (Phi) is 8.47. The third-order valence-corrected chi connectivity index (χ3v) is 11.9. The van der Waals surface area contributed by atoms with E-state index in [4.69, 9.17) is 0 Å². The number of rotatable bonds is 6. The van der Waals surface area contributed by atoms with Gasteiger partial charge in [-0.15, -0.1) is 0 Å². The molecule has 2 fully saturated rings. The van der Waals surface area contributed by atoms with Gasteiger partial charge in [-0.05, 0) is 49.1 Å². The van der Waals surface area contributed by atoms with Crippen LogP contribution < -0.4 is 0 Å². The highest BCUT2D eigenvalue weighted by Gasteiger charge is 2.71. The van der Waals surface area contributed by atoms with E-state index >= 15 is 0 Å². The molecule has 43 heavy (non-hydrogen) atoms. The van der Waals surface area contributed by atoms with Crippen LogP contribution in [-0.2, 0) is 35.0 Å². The van der Waals surface area contributed by atoms with Crippen LogP contribution in [-0.4, -0.2) is 81.8 Å². The molecule has 0 bridgehead atoms. The summed E-state index contributed by atoms with van der Waals surface area (Å²) in [4.78, 5) is 14.2. The zero-order chi connectivity index (χ0) is 32.2. The fraction of sp³-hybridized carbons (Fsp3) is 0.500. The van der Waals surface area contributed by atoms with Gasteiger partial charge in [0.1, 0.15) is 10.6 Å². The largest absolute Gasteiger partial charge is 0.430 e. The van der Waals surface area contributed by atoms with E-state index in [2.05, 4.69) is 0 Å². The number of benzene rings is 2. The summed E-state index contributed by atoms with van der Waals surface area (Å²) in [5, 5.41) is 9.77. The minimum Gasteiger partial charge on any atom is -0.369 e. The van der Waals surface area contributed by atoms with E-state index < -0.39 is 77.2 Å². The number of piperidine rings is 1. The number of carbonyl (C=O) groups is 1. The van der Waals surface area contributed by atoms with Gasteiger partial charge in [-0.1, -0.05) is 24.3 Å². The number of likely N-dealkylation sites (tertiary alicyclic amines) is 1. The molecule has 0 unspecified atom stereocenters. The molecule has 0 aromatic heterocycles. The first-order valence-corrected chi connectivity index (χ1v) is 16.2. The lowest BCUT2D eigenvalue weighted by atomic mass is 9.89. The van der Waals surface area contributed by atoms with Gasteiger partial charge < -0.3 is 10.0 Å². The smallest absolute Gasteiger partial charge is 0.369 e. The molecule has 2 saturated heterocycles. The maximum atomic E-state index is 14.0. The number of aliphatic hydroxyl groups is 1. The number of sulfone groups is 1. The molecule has 17 heteroatoms. The van der Waals surface area contributed by atoms with E-state index in [1.165, 1.54) is 9.21 Å². The first-order chi connectivity index (χ1) is 19.6. The Balaban J connectivity index is 1.74. The summed E-state index contributed by atoms with van der Waals surface area (Å²) < 4.78 is 145. The molecule has 2 aromatic rings. The Morgan fingerprint density at radius 3 is 1.84 bits per heavy atom. The second kappa shape index (κ2) is 11.0. The Morgan fingerprint density at radius 1 is 0.860 bits per heavy atom. The number of nitrogens with zero attached hydrogens (tertiary/aromatic N) is 2. The standard InChI is InChI=1S/C26H27F7N2O6S2/c1-42(38,39)35-13-10-17(11-14-35)22(36)34-15-12-23(16-34,43(40,41)21-8-6-20(27)7-9-21)18-2-4-19(5-3-18)24(37,25(28,29)30)26(31,32)33/h2-9,17,37H,10-16H2,1H3/t23-/m0/s1. The monoisotopic (exact) mass is 660 g/mol. The number of halogens is 7. The average molecular weight is 661 g/mol. The molecule has 1 amide bonds. The van der Waals surface area contributed by atoms with E-state index in [9.17, 15) is 57.5 Å². The summed E-state index contributed by atoms with van der Waals surface area (Å²) in [7, 11) is -8.05. The van der Waals surface area contributed by atoms with Crippen molar-refractivity contribution in [3.05, 3.63) is 65.5 Å². The van der Waals surface area contributed by atoms with Crippen molar-refractivity contribution in [2.24, 2.45) is 5.92 Å². The topological polar surface area (TPSA) is 112 Å². The third-order valence-electron chi connectivity index (χ3n) is 8.10. The molecule has 2 aliphatic heterocycles. The van der Waals surface area contributed by atoms with Crippen LogP contribution in [0.15, 0.2) is 53.4 Å². The minimum atomic E-state index is -6.16. The molecule has 0 aliphatic carbocycles. The zero-order valence-corrected chi connectivity index (χ0v) is 24.1. The molecule has 8 nitrogen and oxygen atoms in total. The first-order valence-electron chi connectivity index (χ1n) is 12.9. The van der Waals surface area contributed by atoms with Crippen LogP contribution in [0, 0.1) is 11.7 Å². The minimum absolute atomic E-state index is 0.0604. The van der Waals surface area contributed by atoms with Crippen molar-refractivity contribution in [1.82, 2.24) is 9.21 Å². The van der Waals surface area contributed by atoms with Crippen molar-refractivity contribution in [2.45, 2.75) is 46.9 Å². The summed E-state index contributed by atoms with van der Waals surface area (Å²) in [6, 6.07) is 5.78. The lowest BCUT2D eigenvalue weighted by Gasteiger charge is -2.34. The van der Waals surface area contributed by atoms with Gasteiger partial charge in [0, 0.05) is 37.7 Å². The second-order valence-electron chi connectivity index (χ2n) is 10.7. The van der Waals surface area contributed by atoms with E-state index in [1.54, 1.807) is 0 Å². The Bertz CT molecular complexity index is 1560. The lowest BCUT2D eigenvalue weighted by Crippen LogP contribution is -2.54. The number of sulfonamides is 1. The SMILES string of the molecule is CS(=O)(=O)N1CCC(C(=O)N2CC[C@](c3ccc(C(O)(C(F)(F)F)C(F)(F)F)cc3)(S(=O)(=O)c3ccc(F)cc3)C2)CC1. The predicted molar refractivity (Wildman–Crippen MR) is 138 cm³/mol. The number of amides is 1. The van der Waals surface area contributed by atoms with Crippen molar-refractivity contribution in [3.8, 4) is 0 Å². The summed E-state index contributed by atoms with van der Waals surface area (Å²) in [6.45, 7) is -0.557. The van der Waals surface area contributed by atoms with Crippen LogP contribution in [0.1, 0.15) is 30.4 Å². The van der Waals surface area contributed by atoms with Gasteiger partial charge in [0.2, 0.25) is 15.9 Å². The van der Waals surface area contributed by atoms with Crippen molar-refractivity contribution in [2.75, 3.05) is 32.4 Å². The summed E-state index contributed by atoms with van der Waals surface area (Å²) in [5.41, 5.74) is -7.07. The normalized spacial score (nSPS) is 21.7. The van der Waals surface area contributed by atoms with Crippen LogP contribution >= 0.6 is 0 Å². The number of hydrogen-bond donors (Lipinski definition) is 1. The molecule has 0 saturated carbocycles. The van der Waals surface area contributed by atoms with Gasteiger partial charge in [0.15, 0.2) is 9.84 Å². The van der Waals surface area contributed by atoms with Crippen LogP contribution in [0.2, 0.25) is 0 Å². The molecule has 2 heterocycles. The maximum absolute atomic E-state index is 14.0. The van der Waals surface area contributed by atoms with Crippen molar-refractivity contribution in [1.29, 1.82) is 0 Å². The summed E-state index contributed by atoms with van der Waals surface area (Å²) in [5.74, 6) is -1.90. The van der Waals surface area contributed by atoms with Gasteiger partial charge in [-0.2, -0.15) is 26.3 Å². The van der Waals surface area contributed by atoms with Gasteiger partial charge >= 0.3 is 12.4 Å². The Labute approximate surface area is 243 Å². The molecule has 238 valence electrons. The van der Waals surface area contributed by atoms with E-state index in [1.807, 2.05) is 0 Å². The Hall–Kier alpha value is -2.76. The summed E-state index contributed by atoms with van der Waals surface area (Å²) >= 11 is 0. The highest BCUT2D eigenvalue weighted by atomic mass is 32.2. The van der Waals surface area contributed by atoms with Crippen LogP contribution in [0.3, 0.4) is 0 Å². The maximum Gasteiger partial charge on any atom is 0.430 e. The van der Waals surface area contributed by atoms with Crippen LogP contribution in [0.25, 0.3) is 0 Å². The third kappa shape index (κ3) is 5.76. The Morgan fingerprint density at radius 2 is 1.37 bits per heavy atom. The van der Waals surface area contributed by atoms with Gasteiger partial charge in [-0.3, -0.25) is 4.79 Å². The highest BCUT2D eigenvalue weighted by molar-refractivity contribution is 7.92. The molecular formula is C26H27F7N2O6S2. The van der Waals surface area contributed by atoms with Gasteiger partial charge in [-0.25, -0.2) is 25.5 Å².